The Morgan fingerprint density at radius 3 is 2.58 bits per heavy atom. The lowest BCUT2D eigenvalue weighted by atomic mass is 10.3. The first-order valence-electron chi connectivity index (χ1n) is 8.51. The zero-order chi connectivity index (χ0) is 17.8. The summed E-state index contributed by atoms with van der Waals surface area (Å²) < 4.78 is 5.92. The molecule has 1 amide bonds. The first kappa shape index (κ1) is 16.1. The van der Waals surface area contributed by atoms with E-state index in [1.54, 1.807) is 12.3 Å². The van der Waals surface area contributed by atoms with Crippen molar-refractivity contribution in [2.75, 3.05) is 5.32 Å². The van der Waals surface area contributed by atoms with Gasteiger partial charge in [-0.2, -0.15) is 0 Å². The van der Waals surface area contributed by atoms with Gasteiger partial charge in [-0.25, -0.2) is 9.97 Å². The molecule has 6 nitrogen and oxygen atoms in total. The van der Waals surface area contributed by atoms with Gasteiger partial charge in [0.25, 0.3) is 5.91 Å². The van der Waals surface area contributed by atoms with Gasteiger partial charge < -0.3 is 15.4 Å². The lowest BCUT2D eigenvalue weighted by molar-refractivity contribution is 0.0946. The summed E-state index contributed by atoms with van der Waals surface area (Å²) in [4.78, 5) is 20.7. The molecular weight excluding hydrogens is 328 g/mol. The van der Waals surface area contributed by atoms with Crippen LogP contribution in [0.3, 0.4) is 0 Å². The summed E-state index contributed by atoms with van der Waals surface area (Å²) >= 11 is 0. The number of anilines is 2. The van der Waals surface area contributed by atoms with Crippen molar-refractivity contribution in [2.45, 2.75) is 18.9 Å². The minimum Gasteiger partial charge on any atom is -0.455 e. The maximum absolute atomic E-state index is 12.2. The van der Waals surface area contributed by atoms with E-state index in [2.05, 4.69) is 20.6 Å². The van der Waals surface area contributed by atoms with Gasteiger partial charge in [-0.15, -0.1) is 0 Å². The molecule has 0 saturated heterocycles. The second kappa shape index (κ2) is 7.23. The summed E-state index contributed by atoms with van der Waals surface area (Å²) in [6, 6.07) is 18.9. The van der Waals surface area contributed by atoms with Crippen LogP contribution in [-0.2, 0) is 0 Å². The molecule has 130 valence electrons. The number of nitrogens with zero attached hydrogens (tertiary/aromatic N) is 2. The van der Waals surface area contributed by atoms with Crippen LogP contribution in [0.25, 0.3) is 0 Å². The van der Waals surface area contributed by atoms with Gasteiger partial charge in [0, 0.05) is 12.2 Å². The quantitative estimate of drug-likeness (QED) is 0.708. The van der Waals surface area contributed by atoms with Crippen LogP contribution in [0.1, 0.15) is 23.3 Å². The molecule has 26 heavy (non-hydrogen) atoms. The number of hydrogen-bond acceptors (Lipinski definition) is 5. The van der Waals surface area contributed by atoms with Crippen LogP contribution in [0.2, 0.25) is 0 Å². The lowest BCUT2D eigenvalue weighted by Crippen LogP contribution is -2.26. The van der Waals surface area contributed by atoms with E-state index >= 15 is 0 Å². The van der Waals surface area contributed by atoms with Gasteiger partial charge in [0.1, 0.15) is 11.4 Å². The van der Waals surface area contributed by atoms with Crippen molar-refractivity contribution < 1.29 is 9.53 Å². The number of carbonyl (C=O) groups excluding carboxylic acids is 1. The van der Waals surface area contributed by atoms with Gasteiger partial charge >= 0.3 is 0 Å². The molecule has 0 radical (unpaired) electrons. The molecule has 1 fully saturated rings. The normalized spacial score (nSPS) is 13.1. The summed E-state index contributed by atoms with van der Waals surface area (Å²) in [5.41, 5.74) is 1.06. The fraction of sp³-hybridized carbons (Fsp3) is 0.150. The maximum Gasteiger partial charge on any atom is 0.270 e. The molecule has 0 spiro atoms. The Labute approximate surface area is 151 Å². The fourth-order valence-corrected chi connectivity index (χ4v) is 2.43. The number of nitrogens with one attached hydrogen (secondary N) is 2. The number of carbonyl (C=O) groups is 1. The number of rotatable bonds is 6. The van der Waals surface area contributed by atoms with Crippen molar-refractivity contribution in [1.82, 2.24) is 15.3 Å². The third-order valence-corrected chi connectivity index (χ3v) is 3.91. The summed E-state index contributed by atoms with van der Waals surface area (Å²) in [5, 5.41) is 6.05. The van der Waals surface area contributed by atoms with Gasteiger partial charge in [-0.05, 0) is 43.2 Å². The minimum absolute atomic E-state index is 0.174. The molecule has 4 rings (SSSR count). The van der Waals surface area contributed by atoms with E-state index in [-0.39, 0.29) is 11.9 Å². The largest absolute Gasteiger partial charge is 0.455 e. The number of hydrogen-bond donors (Lipinski definition) is 2. The molecule has 1 aliphatic carbocycles. The molecule has 0 bridgehead atoms. The molecule has 0 unspecified atom stereocenters. The minimum atomic E-state index is -0.174. The Balaban J connectivity index is 1.53. The van der Waals surface area contributed by atoms with Crippen LogP contribution in [0.15, 0.2) is 66.9 Å². The third-order valence-electron chi connectivity index (χ3n) is 3.91. The highest BCUT2D eigenvalue weighted by molar-refractivity contribution is 5.92. The van der Waals surface area contributed by atoms with Crippen molar-refractivity contribution in [3.05, 3.63) is 72.6 Å². The fourth-order valence-electron chi connectivity index (χ4n) is 2.43. The molecule has 2 aromatic carbocycles. The van der Waals surface area contributed by atoms with Gasteiger partial charge in [0.15, 0.2) is 5.75 Å². The number of ether oxygens (including phenoxy) is 1. The van der Waals surface area contributed by atoms with Gasteiger partial charge in [-0.1, -0.05) is 30.3 Å². The average Bonchev–Trinajstić information content (AvgIpc) is 3.48. The third kappa shape index (κ3) is 3.97. The number of amides is 1. The van der Waals surface area contributed by atoms with Crippen molar-refractivity contribution in [3.8, 4) is 11.5 Å². The molecule has 0 atom stereocenters. The van der Waals surface area contributed by atoms with Gasteiger partial charge in [-0.3, -0.25) is 4.79 Å². The van der Waals surface area contributed by atoms with Crippen LogP contribution in [-0.4, -0.2) is 21.9 Å². The SMILES string of the molecule is O=C(NC1CC1)c1ccnc(Nc2ccccc2Oc2ccccc2)n1. The van der Waals surface area contributed by atoms with Crippen molar-refractivity contribution in [3.63, 3.8) is 0 Å². The Morgan fingerprint density at radius 1 is 1.00 bits per heavy atom. The van der Waals surface area contributed by atoms with Crippen molar-refractivity contribution in [2.24, 2.45) is 0 Å². The van der Waals surface area contributed by atoms with E-state index < -0.39 is 0 Å². The summed E-state index contributed by atoms with van der Waals surface area (Å²) in [5.74, 6) is 1.56. The predicted molar refractivity (Wildman–Crippen MR) is 98.8 cm³/mol. The number of aromatic nitrogens is 2. The van der Waals surface area contributed by atoms with Crippen LogP contribution in [0.4, 0.5) is 11.6 Å². The molecule has 1 aliphatic rings. The number of benzene rings is 2. The zero-order valence-corrected chi connectivity index (χ0v) is 14.1. The van der Waals surface area contributed by atoms with Gasteiger partial charge in [0.05, 0.1) is 5.69 Å². The maximum atomic E-state index is 12.2. The highest BCUT2D eigenvalue weighted by Crippen LogP contribution is 2.30. The van der Waals surface area contributed by atoms with Crippen molar-refractivity contribution >= 4 is 17.5 Å². The van der Waals surface area contributed by atoms with E-state index in [0.717, 1.165) is 24.3 Å². The summed E-state index contributed by atoms with van der Waals surface area (Å²) in [7, 11) is 0. The smallest absolute Gasteiger partial charge is 0.270 e. The van der Waals surface area contributed by atoms with E-state index in [0.29, 0.717) is 17.4 Å². The van der Waals surface area contributed by atoms with E-state index in [1.807, 2.05) is 54.6 Å². The van der Waals surface area contributed by atoms with E-state index in [4.69, 9.17) is 4.74 Å². The van der Waals surface area contributed by atoms with Crippen LogP contribution < -0.4 is 15.4 Å². The molecule has 1 heterocycles. The van der Waals surface area contributed by atoms with E-state index in [9.17, 15) is 4.79 Å². The first-order valence-corrected chi connectivity index (χ1v) is 8.51. The molecule has 1 saturated carbocycles. The molecular formula is C20H18N4O2. The molecule has 2 N–H and O–H groups in total. The van der Waals surface area contributed by atoms with E-state index in [1.165, 1.54) is 0 Å². The Hall–Kier alpha value is -3.41. The number of para-hydroxylation sites is 3. The molecule has 6 heteroatoms. The summed E-state index contributed by atoms with van der Waals surface area (Å²) in [6.45, 7) is 0. The first-order chi connectivity index (χ1) is 12.8. The van der Waals surface area contributed by atoms with Crippen LogP contribution >= 0.6 is 0 Å². The molecule has 0 aliphatic heterocycles. The lowest BCUT2D eigenvalue weighted by Gasteiger charge is -2.12. The second-order valence-corrected chi connectivity index (χ2v) is 6.05. The van der Waals surface area contributed by atoms with Crippen molar-refractivity contribution in [1.29, 1.82) is 0 Å². The highest BCUT2D eigenvalue weighted by atomic mass is 16.5. The molecule has 1 aromatic heterocycles. The Kier molecular flexibility index (Phi) is 4.47. The highest BCUT2D eigenvalue weighted by Gasteiger charge is 2.24. The second-order valence-electron chi connectivity index (χ2n) is 6.05. The zero-order valence-electron chi connectivity index (χ0n) is 14.1. The van der Waals surface area contributed by atoms with Crippen LogP contribution in [0.5, 0.6) is 11.5 Å². The average molecular weight is 346 g/mol. The summed E-state index contributed by atoms with van der Waals surface area (Å²) in [6.07, 6.45) is 3.63. The Morgan fingerprint density at radius 2 is 1.77 bits per heavy atom. The standard InChI is InChI=1S/C20H18N4O2/c25-19(22-14-10-11-14)17-12-13-21-20(24-17)23-16-8-4-5-9-18(16)26-15-6-2-1-3-7-15/h1-9,12-14H,10-11H2,(H,22,25)(H,21,23,24). The predicted octanol–water partition coefficient (Wildman–Crippen LogP) is 3.90. The Bertz CT molecular complexity index is 910. The molecule has 3 aromatic rings. The monoisotopic (exact) mass is 346 g/mol. The topological polar surface area (TPSA) is 76.1 Å². The van der Waals surface area contributed by atoms with Crippen LogP contribution in [0, 0.1) is 0 Å². The van der Waals surface area contributed by atoms with Gasteiger partial charge in [0.2, 0.25) is 5.95 Å².